The summed E-state index contributed by atoms with van der Waals surface area (Å²) in [6.45, 7) is 13.6. The lowest BCUT2D eigenvalue weighted by Crippen LogP contribution is -2.27. The van der Waals surface area contributed by atoms with Gasteiger partial charge in [-0.15, -0.1) is 6.58 Å². The molecule has 0 amide bonds. The minimum Gasteiger partial charge on any atom is -0.352 e. The quantitative estimate of drug-likeness (QED) is 0.767. The summed E-state index contributed by atoms with van der Waals surface area (Å²) in [6, 6.07) is 0. The Kier molecular flexibility index (Phi) is 5.02. The minimum atomic E-state index is 0.649. The van der Waals surface area contributed by atoms with E-state index in [9.17, 15) is 0 Å². The molecule has 1 atom stereocenters. The lowest BCUT2D eigenvalue weighted by atomic mass is 10.1. The van der Waals surface area contributed by atoms with Gasteiger partial charge in [-0.1, -0.05) is 13.0 Å². The number of rotatable bonds is 7. The third-order valence-electron chi connectivity index (χ3n) is 3.58. The van der Waals surface area contributed by atoms with Gasteiger partial charge in [-0.05, 0) is 38.8 Å². The molecular formula is C15H26N4. The van der Waals surface area contributed by atoms with Crippen molar-refractivity contribution < 1.29 is 0 Å². The van der Waals surface area contributed by atoms with Crippen LogP contribution >= 0.6 is 0 Å². The molecule has 2 rings (SSSR count). The monoisotopic (exact) mass is 262 g/mol. The van der Waals surface area contributed by atoms with Gasteiger partial charge in [-0.3, -0.25) is 0 Å². The highest BCUT2D eigenvalue weighted by Gasteiger charge is 2.16. The standard InChI is InChI=1S/C15H26N4/c1-4-7-16-15-17-14(3)12-19(15)11-13(2)10-18-8-5-6-9-18/h4,12-13H,1,5-11H2,2-3H3,(H,16,17). The molecule has 1 aromatic heterocycles. The van der Waals surface area contributed by atoms with E-state index in [1.807, 2.05) is 13.0 Å². The van der Waals surface area contributed by atoms with Crippen molar-refractivity contribution in [1.82, 2.24) is 14.5 Å². The van der Waals surface area contributed by atoms with Crippen molar-refractivity contribution in [3.63, 3.8) is 0 Å². The Hall–Kier alpha value is -1.29. The Morgan fingerprint density at radius 3 is 2.84 bits per heavy atom. The van der Waals surface area contributed by atoms with Crippen LogP contribution in [0.2, 0.25) is 0 Å². The van der Waals surface area contributed by atoms with E-state index in [0.29, 0.717) is 5.92 Å². The zero-order chi connectivity index (χ0) is 13.7. The number of likely N-dealkylation sites (tertiary alicyclic amines) is 1. The van der Waals surface area contributed by atoms with E-state index in [1.165, 1.54) is 32.5 Å². The molecule has 2 heterocycles. The second-order valence-electron chi connectivity index (χ2n) is 5.64. The first kappa shape index (κ1) is 14.1. The average Bonchev–Trinajstić information content (AvgIpc) is 2.97. The zero-order valence-corrected chi connectivity index (χ0v) is 12.2. The van der Waals surface area contributed by atoms with Gasteiger partial charge >= 0.3 is 0 Å². The molecule has 1 unspecified atom stereocenters. The summed E-state index contributed by atoms with van der Waals surface area (Å²) >= 11 is 0. The number of aromatic nitrogens is 2. The number of imidazole rings is 1. The van der Waals surface area contributed by atoms with Crippen LogP contribution in [0.5, 0.6) is 0 Å². The molecule has 0 radical (unpaired) electrons. The molecule has 1 aliphatic heterocycles. The van der Waals surface area contributed by atoms with Crippen molar-refractivity contribution in [3.8, 4) is 0 Å². The van der Waals surface area contributed by atoms with Crippen LogP contribution in [-0.2, 0) is 6.54 Å². The first-order chi connectivity index (χ1) is 9.19. The van der Waals surface area contributed by atoms with Gasteiger partial charge in [0.2, 0.25) is 5.95 Å². The van der Waals surface area contributed by atoms with Crippen molar-refractivity contribution in [2.24, 2.45) is 5.92 Å². The van der Waals surface area contributed by atoms with E-state index in [0.717, 1.165) is 24.7 Å². The first-order valence-corrected chi connectivity index (χ1v) is 7.30. The van der Waals surface area contributed by atoms with Gasteiger partial charge in [-0.25, -0.2) is 4.98 Å². The van der Waals surface area contributed by atoms with Crippen LogP contribution in [0.4, 0.5) is 5.95 Å². The van der Waals surface area contributed by atoms with E-state index in [-0.39, 0.29) is 0 Å². The third-order valence-corrected chi connectivity index (χ3v) is 3.58. The van der Waals surface area contributed by atoms with Gasteiger partial charge in [0.05, 0.1) is 5.69 Å². The maximum Gasteiger partial charge on any atom is 0.203 e. The van der Waals surface area contributed by atoms with Gasteiger partial charge in [0, 0.05) is 25.8 Å². The Balaban J connectivity index is 1.91. The molecule has 1 aliphatic rings. The topological polar surface area (TPSA) is 33.1 Å². The number of hydrogen-bond acceptors (Lipinski definition) is 3. The van der Waals surface area contributed by atoms with Crippen LogP contribution in [0.25, 0.3) is 0 Å². The molecule has 4 nitrogen and oxygen atoms in total. The highest BCUT2D eigenvalue weighted by atomic mass is 15.2. The Morgan fingerprint density at radius 2 is 2.16 bits per heavy atom. The Bertz CT molecular complexity index is 404. The number of nitrogens with one attached hydrogen (secondary N) is 1. The second kappa shape index (κ2) is 6.75. The second-order valence-corrected chi connectivity index (χ2v) is 5.64. The fourth-order valence-electron chi connectivity index (χ4n) is 2.79. The summed E-state index contributed by atoms with van der Waals surface area (Å²) in [5, 5.41) is 3.30. The highest BCUT2D eigenvalue weighted by molar-refractivity contribution is 5.29. The minimum absolute atomic E-state index is 0.649. The molecule has 0 bridgehead atoms. The Morgan fingerprint density at radius 1 is 1.42 bits per heavy atom. The molecule has 1 fully saturated rings. The van der Waals surface area contributed by atoms with Crippen molar-refractivity contribution in [3.05, 3.63) is 24.5 Å². The van der Waals surface area contributed by atoms with Crippen molar-refractivity contribution in [1.29, 1.82) is 0 Å². The Labute approximate surface area is 116 Å². The lowest BCUT2D eigenvalue weighted by Gasteiger charge is -2.21. The largest absolute Gasteiger partial charge is 0.352 e. The molecule has 1 aromatic rings. The molecule has 1 saturated heterocycles. The van der Waals surface area contributed by atoms with Crippen LogP contribution in [0, 0.1) is 12.8 Å². The lowest BCUT2D eigenvalue weighted by molar-refractivity contribution is 0.272. The first-order valence-electron chi connectivity index (χ1n) is 7.30. The molecule has 0 aromatic carbocycles. The summed E-state index contributed by atoms with van der Waals surface area (Å²) < 4.78 is 2.24. The molecule has 106 valence electrons. The molecule has 0 spiro atoms. The van der Waals surface area contributed by atoms with Crippen LogP contribution in [-0.4, -0.2) is 40.6 Å². The fourth-order valence-corrected chi connectivity index (χ4v) is 2.79. The van der Waals surface area contributed by atoms with E-state index in [4.69, 9.17) is 0 Å². The SMILES string of the molecule is C=CCNc1nc(C)cn1CC(C)CN1CCCC1. The average molecular weight is 262 g/mol. The molecule has 1 N–H and O–H groups in total. The number of nitrogens with zero attached hydrogens (tertiary/aromatic N) is 3. The van der Waals surface area contributed by atoms with E-state index in [2.05, 4.69) is 39.5 Å². The number of aryl methyl sites for hydroxylation is 1. The number of anilines is 1. The predicted molar refractivity (Wildman–Crippen MR) is 80.5 cm³/mol. The molecule has 19 heavy (non-hydrogen) atoms. The number of hydrogen-bond donors (Lipinski definition) is 1. The van der Waals surface area contributed by atoms with Gasteiger partial charge < -0.3 is 14.8 Å². The smallest absolute Gasteiger partial charge is 0.203 e. The van der Waals surface area contributed by atoms with Crippen LogP contribution in [0.3, 0.4) is 0 Å². The predicted octanol–water partition coefficient (Wildman–Crippen LogP) is 2.52. The van der Waals surface area contributed by atoms with Gasteiger partial charge in [0.25, 0.3) is 0 Å². The summed E-state index contributed by atoms with van der Waals surface area (Å²) in [7, 11) is 0. The van der Waals surface area contributed by atoms with Crippen molar-refractivity contribution >= 4 is 5.95 Å². The summed E-state index contributed by atoms with van der Waals surface area (Å²) in [5.74, 6) is 1.61. The van der Waals surface area contributed by atoms with Gasteiger partial charge in [0.15, 0.2) is 0 Å². The molecule has 0 aliphatic carbocycles. The summed E-state index contributed by atoms with van der Waals surface area (Å²) in [6.07, 6.45) is 6.72. The molecule has 4 heteroatoms. The molecular weight excluding hydrogens is 236 g/mol. The highest BCUT2D eigenvalue weighted by Crippen LogP contribution is 2.15. The fraction of sp³-hybridized carbons (Fsp3) is 0.667. The van der Waals surface area contributed by atoms with Gasteiger partial charge in [0.1, 0.15) is 0 Å². The summed E-state index contributed by atoms with van der Waals surface area (Å²) in [5.41, 5.74) is 1.07. The third kappa shape index (κ3) is 4.10. The van der Waals surface area contributed by atoms with Gasteiger partial charge in [-0.2, -0.15) is 0 Å². The maximum atomic E-state index is 4.52. The maximum absolute atomic E-state index is 4.52. The van der Waals surface area contributed by atoms with Crippen molar-refractivity contribution in [2.75, 3.05) is 31.5 Å². The van der Waals surface area contributed by atoms with Crippen LogP contribution < -0.4 is 5.32 Å². The van der Waals surface area contributed by atoms with E-state index < -0.39 is 0 Å². The van der Waals surface area contributed by atoms with Crippen LogP contribution in [0.1, 0.15) is 25.5 Å². The zero-order valence-electron chi connectivity index (χ0n) is 12.2. The molecule has 0 saturated carbocycles. The normalized spacial score (nSPS) is 17.6. The van der Waals surface area contributed by atoms with Crippen molar-refractivity contribution in [2.45, 2.75) is 33.2 Å². The van der Waals surface area contributed by atoms with E-state index >= 15 is 0 Å². The van der Waals surface area contributed by atoms with E-state index in [1.54, 1.807) is 0 Å². The summed E-state index contributed by atoms with van der Waals surface area (Å²) in [4.78, 5) is 7.10. The van der Waals surface area contributed by atoms with Crippen LogP contribution in [0.15, 0.2) is 18.9 Å².